The lowest BCUT2D eigenvalue weighted by molar-refractivity contribution is 0.417. The zero-order valence-corrected chi connectivity index (χ0v) is 10.3. The molecular formula is C13H18FN3. The standard InChI is InChI=1S/C13H18FN3/c1-3-13(16,4-2)9-17-12-6-5-10(8-15)7-11(12)14/h5-7,17H,3-4,9,16H2,1-2H3. The number of benzene rings is 1. The summed E-state index contributed by atoms with van der Waals surface area (Å²) in [4.78, 5) is 0. The molecule has 0 aliphatic heterocycles. The lowest BCUT2D eigenvalue weighted by atomic mass is 9.94. The molecule has 0 bridgehead atoms. The average molecular weight is 235 g/mol. The van der Waals surface area contributed by atoms with Gasteiger partial charge >= 0.3 is 0 Å². The molecule has 0 fully saturated rings. The third kappa shape index (κ3) is 3.43. The molecule has 0 aliphatic carbocycles. The minimum Gasteiger partial charge on any atom is -0.381 e. The Morgan fingerprint density at radius 2 is 2.06 bits per heavy atom. The number of nitrogens with two attached hydrogens (primary N) is 1. The Morgan fingerprint density at radius 3 is 2.53 bits per heavy atom. The molecule has 0 radical (unpaired) electrons. The quantitative estimate of drug-likeness (QED) is 0.824. The van der Waals surface area contributed by atoms with E-state index in [1.807, 2.05) is 19.9 Å². The first-order valence-corrected chi connectivity index (χ1v) is 5.77. The van der Waals surface area contributed by atoms with Gasteiger partial charge in [-0.3, -0.25) is 0 Å². The third-order valence-electron chi connectivity index (χ3n) is 3.14. The predicted octanol–water partition coefficient (Wildman–Crippen LogP) is 2.63. The van der Waals surface area contributed by atoms with Gasteiger partial charge in [-0.1, -0.05) is 13.8 Å². The third-order valence-corrected chi connectivity index (χ3v) is 3.14. The van der Waals surface area contributed by atoms with Gasteiger partial charge in [0.05, 0.1) is 17.3 Å². The molecule has 0 aromatic heterocycles. The van der Waals surface area contributed by atoms with Crippen molar-refractivity contribution in [1.82, 2.24) is 0 Å². The Labute approximate surface area is 101 Å². The van der Waals surface area contributed by atoms with E-state index in [2.05, 4.69) is 5.32 Å². The summed E-state index contributed by atoms with van der Waals surface area (Å²) in [5, 5.41) is 11.6. The van der Waals surface area contributed by atoms with Gasteiger partial charge in [0.25, 0.3) is 0 Å². The highest BCUT2D eigenvalue weighted by molar-refractivity contribution is 5.49. The molecule has 1 rings (SSSR count). The van der Waals surface area contributed by atoms with Gasteiger partial charge in [0.15, 0.2) is 0 Å². The van der Waals surface area contributed by atoms with Gasteiger partial charge < -0.3 is 11.1 Å². The fourth-order valence-electron chi connectivity index (χ4n) is 1.50. The van der Waals surface area contributed by atoms with E-state index in [0.29, 0.717) is 17.8 Å². The summed E-state index contributed by atoms with van der Waals surface area (Å²) in [6, 6.07) is 6.27. The largest absolute Gasteiger partial charge is 0.381 e. The van der Waals surface area contributed by atoms with Gasteiger partial charge in [-0.15, -0.1) is 0 Å². The average Bonchev–Trinajstić information content (AvgIpc) is 2.36. The number of halogens is 1. The van der Waals surface area contributed by atoms with E-state index in [4.69, 9.17) is 11.0 Å². The van der Waals surface area contributed by atoms with Gasteiger partial charge in [0.1, 0.15) is 5.82 Å². The van der Waals surface area contributed by atoms with Crippen LogP contribution in [-0.2, 0) is 0 Å². The number of hydrogen-bond acceptors (Lipinski definition) is 3. The van der Waals surface area contributed by atoms with E-state index in [0.717, 1.165) is 12.8 Å². The van der Waals surface area contributed by atoms with E-state index < -0.39 is 5.82 Å². The maximum Gasteiger partial charge on any atom is 0.147 e. The van der Waals surface area contributed by atoms with Crippen LogP contribution in [0.25, 0.3) is 0 Å². The number of nitriles is 1. The molecular weight excluding hydrogens is 217 g/mol. The Hall–Kier alpha value is -1.60. The first-order chi connectivity index (χ1) is 8.04. The van der Waals surface area contributed by atoms with Gasteiger partial charge in [-0.05, 0) is 31.0 Å². The zero-order valence-electron chi connectivity index (χ0n) is 10.3. The summed E-state index contributed by atoms with van der Waals surface area (Å²) < 4.78 is 13.6. The van der Waals surface area contributed by atoms with Crippen molar-refractivity contribution in [1.29, 1.82) is 5.26 Å². The van der Waals surface area contributed by atoms with Crippen LogP contribution in [-0.4, -0.2) is 12.1 Å². The van der Waals surface area contributed by atoms with E-state index in [-0.39, 0.29) is 5.54 Å². The number of nitrogens with zero attached hydrogens (tertiary/aromatic N) is 1. The minimum atomic E-state index is -0.418. The van der Waals surface area contributed by atoms with Crippen LogP contribution in [0.5, 0.6) is 0 Å². The van der Waals surface area contributed by atoms with E-state index >= 15 is 0 Å². The van der Waals surface area contributed by atoms with Crippen LogP contribution in [0.4, 0.5) is 10.1 Å². The summed E-state index contributed by atoms with van der Waals surface area (Å²) in [7, 11) is 0. The fraction of sp³-hybridized carbons (Fsp3) is 0.462. The Morgan fingerprint density at radius 1 is 1.41 bits per heavy atom. The molecule has 0 amide bonds. The van der Waals surface area contributed by atoms with Crippen LogP contribution in [0.1, 0.15) is 32.3 Å². The zero-order chi connectivity index (χ0) is 12.9. The lowest BCUT2D eigenvalue weighted by Gasteiger charge is -2.27. The van der Waals surface area contributed by atoms with Crippen LogP contribution in [0.3, 0.4) is 0 Å². The van der Waals surface area contributed by atoms with Crippen molar-refractivity contribution in [2.45, 2.75) is 32.2 Å². The highest BCUT2D eigenvalue weighted by Crippen LogP contribution is 2.18. The first kappa shape index (κ1) is 13.5. The molecule has 0 spiro atoms. The van der Waals surface area contributed by atoms with Crippen LogP contribution in [0, 0.1) is 17.1 Å². The molecule has 0 saturated carbocycles. The molecule has 3 N–H and O–H groups in total. The lowest BCUT2D eigenvalue weighted by Crippen LogP contribution is -2.45. The highest BCUT2D eigenvalue weighted by atomic mass is 19.1. The van der Waals surface area contributed by atoms with Crippen LogP contribution in [0.2, 0.25) is 0 Å². The molecule has 0 heterocycles. The summed E-state index contributed by atoms with van der Waals surface area (Å²) in [6.07, 6.45) is 1.66. The van der Waals surface area contributed by atoms with Gasteiger partial charge in [0, 0.05) is 12.1 Å². The number of rotatable bonds is 5. The number of hydrogen-bond donors (Lipinski definition) is 2. The normalized spacial score (nSPS) is 11.0. The molecule has 3 nitrogen and oxygen atoms in total. The minimum absolute atomic E-state index is 0.318. The maximum atomic E-state index is 13.6. The second-order valence-corrected chi connectivity index (χ2v) is 4.23. The highest BCUT2D eigenvalue weighted by Gasteiger charge is 2.20. The monoisotopic (exact) mass is 235 g/mol. The van der Waals surface area contributed by atoms with Crippen LogP contribution < -0.4 is 11.1 Å². The smallest absolute Gasteiger partial charge is 0.147 e. The maximum absolute atomic E-state index is 13.6. The van der Waals surface area contributed by atoms with Gasteiger partial charge in [0.2, 0.25) is 0 Å². The molecule has 0 saturated heterocycles. The molecule has 4 heteroatoms. The predicted molar refractivity (Wildman–Crippen MR) is 67.1 cm³/mol. The number of nitrogens with one attached hydrogen (secondary N) is 1. The van der Waals surface area contributed by atoms with Crippen molar-refractivity contribution in [3.63, 3.8) is 0 Å². The Balaban J connectivity index is 2.74. The van der Waals surface area contributed by atoms with Crippen LogP contribution in [0.15, 0.2) is 18.2 Å². The summed E-state index contributed by atoms with van der Waals surface area (Å²) in [5.41, 5.74) is 6.50. The van der Waals surface area contributed by atoms with Crippen molar-refractivity contribution < 1.29 is 4.39 Å². The Kier molecular flexibility index (Phi) is 4.47. The summed E-state index contributed by atoms with van der Waals surface area (Å²) in [6.45, 7) is 4.55. The molecule has 17 heavy (non-hydrogen) atoms. The Bertz CT molecular complexity index is 419. The summed E-state index contributed by atoms with van der Waals surface area (Å²) >= 11 is 0. The van der Waals surface area contributed by atoms with E-state index in [1.165, 1.54) is 6.07 Å². The van der Waals surface area contributed by atoms with Gasteiger partial charge in [-0.2, -0.15) is 5.26 Å². The SMILES string of the molecule is CCC(N)(CC)CNc1ccc(C#N)cc1F. The fourth-order valence-corrected chi connectivity index (χ4v) is 1.50. The second-order valence-electron chi connectivity index (χ2n) is 4.23. The topological polar surface area (TPSA) is 61.8 Å². The van der Waals surface area contributed by atoms with Crippen molar-refractivity contribution in [3.05, 3.63) is 29.6 Å². The number of anilines is 1. The van der Waals surface area contributed by atoms with Crippen molar-refractivity contribution in [2.75, 3.05) is 11.9 Å². The van der Waals surface area contributed by atoms with E-state index in [9.17, 15) is 4.39 Å². The molecule has 1 aromatic carbocycles. The molecule has 0 atom stereocenters. The van der Waals surface area contributed by atoms with Crippen molar-refractivity contribution in [2.24, 2.45) is 5.73 Å². The molecule has 0 unspecified atom stereocenters. The molecule has 1 aromatic rings. The molecule has 0 aliphatic rings. The van der Waals surface area contributed by atoms with Gasteiger partial charge in [-0.25, -0.2) is 4.39 Å². The van der Waals surface area contributed by atoms with Crippen molar-refractivity contribution in [3.8, 4) is 6.07 Å². The molecule has 92 valence electrons. The summed E-state index contributed by atoms with van der Waals surface area (Å²) in [5.74, 6) is -0.418. The second kappa shape index (κ2) is 5.65. The first-order valence-electron chi connectivity index (χ1n) is 5.77. The van der Waals surface area contributed by atoms with E-state index in [1.54, 1.807) is 12.1 Å². The van der Waals surface area contributed by atoms with Crippen LogP contribution >= 0.6 is 0 Å². The van der Waals surface area contributed by atoms with Crippen molar-refractivity contribution >= 4 is 5.69 Å².